The summed E-state index contributed by atoms with van der Waals surface area (Å²) in [6.45, 7) is 3.01. The third-order valence-corrected chi connectivity index (χ3v) is 4.22. The molecule has 0 atom stereocenters. The van der Waals surface area contributed by atoms with Crippen molar-refractivity contribution in [2.24, 2.45) is 7.05 Å². The number of carbonyl (C=O) groups excluding carboxylic acids is 1. The fourth-order valence-corrected chi connectivity index (χ4v) is 2.89. The Morgan fingerprint density at radius 3 is 2.68 bits per heavy atom. The molecule has 6 heteroatoms. The number of nitrogens with zero attached hydrogens (tertiary/aromatic N) is 2. The number of Topliss-reactive ketones (excluding diaryl/α,β-unsaturated/α-hetero) is 1. The zero-order valence-corrected chi connectivity index (χ0v) is 13.5. The highest BCUT2D eigenvalue weighted by molar-refractivity contribution is 5.98. The Hall–Kier alpha value is -1.59. The molecule has 0 radical (unpaired) electrons. The zero-order valence-electron chi connectivity index (χ0n) is 12.7. The van der Waals surface area contributed by atoms with E-state index in [1.165, 1.54) is 23.8 Å². The van der Waals surface area contributed by atoms with Gasteiger partial charge in [0.15, 0.2) is 11.4 Å². The van der Waals surface area contributed by atoms with Crippen molar-refractivity contribution in [2.45, 2.75) is 25.7 Å². The average molecular weight is 325 g/mol. The van der Waals surface area contributed by atoms with Crippen molar-refractivity contribution in [3.63, 3.8) is 0 Å². The van der Waals surface area contributed by atoms with Gasteiger partial charge < -0.3 is 9.32 Å². The predicted molar refractivity (Wildman–Crippen MR) is 87.9 cm³/mol. The summed E-state index contributed by atoms with van der Waals surface area (Å²) in [4.78, 5) is 26.1. The first-order valence-electron chi connectivity index (χ1n) is 7.50. The van der Waals surface area contributed by atoms with E-state index >= 15 is 0 Å². The number of likely N-dealkylation sites (tertiary alicyclic amines) is 1. The summed E-state index contributed by atoms with van der Waals surface area (Å²) in [7, 11) is 1.66. The Morgan fingerprint density at radius 2 is 1.95 bits per heavy atom. The number of halogens is 1. The number of aromatic nitrogens is 1. The van der Waals surface area contributed by atoms with Gasteiger partial charge in [0.2, 0.25) is 0 Å². The van der Waals surface area contributed by atoms with Gasteiger partial charge in [-0.05, 0) is 44.1 Å². The van der Waals surface area contributed by atoms with E-state index in [1.807, 2.05) is 0 Å². The minimum absolute atomic E-state index is 0. The molecular weight excluding hydrogens is 304 g/mol. The van der Waals surface area contributed by atoms with Crippen LogP contribution >= 0.6 is 12.4 Å². The Balaban J connectivity index is 0.00000176. The maximum atomic E-state index is 12.3. The summed E-state index contributed by atoms with van der Waals surface area (Å²) < 4.78 is 6.57. The molecule has 0 unspecified atom stereocenters. The number of benzene rings is 1. The van der Waals surface area contributed by atoms with Gasteiger partial charge in [-0.25, -0.2) is 4.79 Å². The lowest BCUT2D eigenvalue weighted by molar-refractivity contribution is 0.0958. The molecule has 0 amide bonds. The van der Waals surface area contributed by atoms with Crippen LogP contribution in [0, 0.1) is 0 Å². The summed E-state index contributed by atoms with van der Waals surface area (Å²) in [6, 6.07) is 5.22. The Bertz CT molecular complexity index is 714. The van der Waals surface area contributed by atoms with Gasteiger partial charge in [0.1, 0.15) is 0 Å². The molecule has 0 N–H and O–H groups in total. The predicted octanol–water partition coefficient (Wildman–Crippen LogP) is 2.61. The Morgan fingerprint density at radius 1 is 1.23 bits per heavy atom. The van der Waals surface area contributed by atoms with Gasteiger partial charge in [-0.2, -0.15) is 0 Å². The summed E-state index contributed by atoms with van der Waals surface area (Å²) in [5, 5.41) is 0. The Labute approximate surface area is 135 Å². The van der Waals surface area contributed by atoms with Crippen LogP contribution in [0.25, 0.3) is 11.1 Å². The molecule has 2 heterocycles. The van der Waals surface area contributed by atoms with Gasteiger partial charge in [0.05, 0.1) is 5.52 Å². The highest BCUT2D eigenvalue weighted by Gasteiger charge is 2.14. The molecule has 1 saturated heterocycles. The van der Waals surface area contributed by atoms with E-state index in [4.69, 9.17) is 4.42 Å². The quantitative estimate of drug-likeness (QED) is 0.811. The van der Waals surface area contributed by atoms with Gasteiger partial charge in [0.25, 0.3) is 0 Å². The van der Waals surface area contributed by atoms with Gasteiger partial charge >= 0.3 is 5.76 Å². The standard InChI is InChI=1S/C16H20N2O3.ClH/c1-17-13-6-5-12(11-15(13)21-16(17)20)14(19)7-10-18-8-3-2-4-9-18;/h5-6,11H,2-4,7-10H2,1H3;1H. The number of fused-ring (bicyclic) bond motifs is 1. The number of aryl methyl sites for hydroxylation is 1. The second-order valence-electron chi connectivity index (χ2n) is 5.68. The molecule has 3 rings (SSSR count). The highest BCUT2D eigenvalue weighted by atomic mass is 35.5. The lowest BCUT2D eigenvalue weighted by Gasteiger charge is -2.25. The van der Waals surface area contributed by atoms with Gasteiger partial charge in [0, 0.05) is 25.6 Å². The van der Waals surface area contributed by atoms with Crippen molar-refractivity contribution in [3.8, 4) is 0 Å². The van der Waals surface area contributed by atoms with Crippen LogP contribution in [0.15, 0.2) is 27.4 Å². The van der Waals surface area contributed by atoms with Crippen LogP contribution in [-0.2, 0) is 7.05 Å². The lowest BCUT2D eigenvalue weighted by atomic mass is 10.1. The third kappa shape index (κ3) is 3.42. The first kappa shape index (κ1) is 16.8. The fraction of sp³-hybridized carbons (Fsp3) is 0.500. The second kappa shape index (κ2) is 7.11. The molecular formula is C16H21ClN2O3. The number of rotatable bonds is 4. The molecule has 0 saturated carbocycles. The number of piperidine rings is 1. The van der Waals surface area contributed by atoms with Gasteiger partial charge in [-0.15, -0.1) is 12.4 Å². The van der Waals surface area contributed by atoms with Crippen molar-refractivity contribution in [2.75, 3.05) is 19.6 Å². The fourth-order valence-electron chi connectivity index (χ4n) is 2.89. The molecule has 2 aromatic rings. The maximum absolute atomic E-state index is 12.3. The molecule has 120 valence electrons. The molecule has 1 aromatic carbocycles. The van der Waals surface area contributed by atoms with E-state index < -0.39 is 5.76 Å². The highest BCUT2D eigenvalue weighted by Crippen LogP contribution is 2.16. The van der Waals surface area contributed by atoms with Gasteiger partial charge in [-0.3, -0.25) is 9.36 Å². The van der Waals surface area contributed by atoms with E-state index in [0.29, 0.717) is 23.1 Å². The van der Waals surface area contributed by atoms with Crippen LogP contribution in [0.3, 0.4) is 0 Å². The third-order valence-electron chi connectivity index (χ3n) is 4.22. The van der Waals surface area contributed by atoms with E-state index in [1.54, 1.807) is 25.2 Å². The maximum Gasteiger partial charge on any atom is 0.419 e. The molecule has 5 nitrogen and oxygen atoms in total. The number of ketones is 1. The van der Waals surface area contributed by atoms with Crippen molar-refractivity contribution in [1.29, 1.82) is 0 Å². The molecule has 1 aliphatic rings. The zero-order chi connectivity index (χ0) is 14.8. The number of hydrogen-bond donors (Lipinski definition) is 0. The van der Waals surface area contributed by atoms with E-state index in [2.05, 4.69) is 4.90 Å². The van der Waals surface area contributed by atoms with Crippen LogP contribution in [0.4, 0.5) is 0 Å². The summed E-state index contributed by atoms with van der Waals surface area (Å²) in [6.07, 6.45) is 4.28. The Kier molecular flexibility index (Phi) is 5.42. The first-order valence-corrected chi connectivity index (χ1v) is 7.50. The molecule has 1 aliphatic heterocycles. The SMILES string of the molecule is Cl.Cn1c(=O)oc2cc(C(=O)CCN3CCCCC3)ccc21. The molecule has 1 fully saturated rings. The molecule has 0 aliphatic carbocycles. The summed E-state index contributed by atoms with van der Waals surface area (Å²) >= 11 is 0. The molecule has 0 spiro atoms. The van der Waals surface area contributed by atoms with Crippen LogP contribution in [0.1, 0.15) is 36.0 Å². The largest absolute Gasteiger partial charge is 0.419 e. The van der Waals surface area contributed by atoms with E-state index in [0.717, 1.165) is 19.6 Å². The van der Waals surface area contributed by atoms with Crippen molar-refractivity contribution in [1.82, 2.24) is 9.47 Å². The average Bonchev–Trinajstić information content (AvgIpc) is 2.80. The normalized spacial score (nSPS) is 15.7. The monoisotopic (exact) mass is 324 g/mol. The number of carbonyl (C=O) groups is 1. The second-order valence-corrected chi connectivity index (χ2v) is 5.68. The van der Waals surface area contributed by atoms with Crippen LogP contribution < -0.4 is 5.76 Å². The molecule has 0 bridgehead atoms. The minimum atomic E-state index is -0.400. The lowest BCUT2D eigenvalue weighted by Crippen LogP contribution is -2.31. The molecule has 1 aromatic heterocycles. The smallest absolute Gasteiger partial charge is 0.408 e. The number of hydrogen-bond acceptors (Lipinski definition) is 4. The van der Waals surface area contributed by atoms with Crippen molar-refractivity contribution in [3.05, 3.63) is 34.3 Å². The van der Waals surface area contributed by atoms with Crippen LogP contribution in [0.2, 0.25) is 0 Å². The van der Waals surface area contributed by atoms with Crippen LogP contribution in [-0.4, -0.2) is 34.9 Å². The van der Waals surface area contributed by atoms with E-state index in [9.17, 15) is 9.59 Å². The van der Waals surface area contributed by atoms with Gasteiger partial charge in [-0.1, -0.05) is 6.42 Å². The number of oxazole rings is 1. The van der Waals surface area contributed by atoms with E-state index in [-0.39, 0.29) is 18.2 Å². The van der Waals surface area contributed by atoms with Crippen molar-refractivity contribution >= 4 is 29.3 Å². The summed E-state index contributed by atoms with van der Waals surface area (Å²) in [5.41, 5.74) is 1.81. The van der Waals surface area contributed by atoms with Crippen LogP contribution in [0.5, 0.6) is 0 Å². The molecule has 22 heavy (non-hydrogen) atoms. The minimum Gasteiger partial charge on any atom is -0.408 e. The topological polar surface area (TPSA) is 55.5 Å². The van der Waals surface area contributed by atoms with Crippen molar-refractivity contribution < 1.29 is 9.21 Å². The summed E-state index contributed by atoms with van der Waals surface area (Å²) in [5.74, 6) is -0.295. The first-order chi connectivity index (χ1) is 10.1.